The topological polar surface area (TPSA) is 90.3 Å². The third-order valence-electron chi connectivity index (χ3n) is 3.08. The number of aromatic nitrogens is 2. The summed E-state index contributed by atoms with van der Waals surface area (Å²) in [5, 5.41) is 4.50. The number of hydrogen-bond acceptors (Lipinski definition) is 6. The lowest BCUT2D eigenvalue weighted by molar-refractivity contribution is -0.121. The van der Waals surface area contributed by atoms with Crippen LogP contribution in [0.3, 0.4) is 0 Å². The second-order valence-electron chi connectivity index (χ2n) is 5.43. The molecule has 0 spiro atoms. The number of nitrogens with zero attached hydrogens (tertiary/aromatic N) is 2. The van der Waals surface area contributed by atoms with Gasteiger partial charge in [0.25, 0.3) is 5.56 Å². The molecule has 1 N–H and O–H groups in total. The Hall–Kier alpha value is -2.22. The number of rotatable bonds is 6. The van der Waals surface area contributed by atoms with E-state index in [1.54, 1.807) is 12.3 Å². The van der Waals surface area contributed by atoms with Crippen molar-refractivity contribution in [3.63, 3.8) is 0 Å². The Balaban J connectivity index is 2.30. The minimum atomic E-state index is -0.556. The molecule has 8 heteroatoms. The minimum Gasteiger partial charge on any atom is -0.462 e. The number of thiophene rings is 1. The zero-order valence-corrected chi connectivity index (χ0v) is 14.1. The predicted octanol–water partition coefficient (Wildman–Crippen LogP) is 1.41. The SMILES string of the molecule is CCOC(=O)c1csc2ncn(CC(=O)NCC(C)C)c(=O)c12. The van der Waals surface area contributed by atoms with Crippen molar-refractivity contribution < 1.29 is 14.3 Å². The van der Waals surface area contributed by atoms with E-state index < -0.39 is 11.5 Å². The lowest BCUT2D eigenvalue weighted by Gasteiger charge is -2.09. The second-order valence-corrected chi connectivity index (χ2v) is 6.28. The number of hydrogen-bond donors (Lipinski definition) is 1. The normalized spacial score (nSPS) is 11.0. The van der Waals surface area contributed by atoms with E-state index in [0.29, 0.717) is 17.3 Å². The van der Waals surface area contributed by atoms with Crippen LogP contribution in [0.2, 0.25) is 0 Å². The molecule has 2 aromatic rings. The van der Waals surface area contributed by atoms with Crippen molar-refractivity contribution in [3.8, 4) is 0 Å². The van der Waals surface area contributed by atoms with Gasteiger partial charge in [0.05, 0.1) is 23.9 Å². The average Bonchev–Trinajstić information content (AvgIpc) is 2.93. The molecule has 7 nitrogen and oxygen atoms in total. The zero-order valence-electron chi connectivity index (χ0n) is 13.3. The highest BCUT2D eigenvalue weighted by Crippen LogP contribution is 2.21. The molecular formula is C15H19N3O4S. The van der Waals surface area contributed by atoms with Crippen LogP contribution in [0.15, 0.2) is 16.5 Å². The summed E-state index contributed by atoms with van der Waals surface area (Å²) < 4.78 is 6.15. The Kier molecular flexibility index (Phi) is 5.49. The highest BCUT2D eigenvalue weighted by Gasteiger charge is 2.19. The molecule has 2 rings (SSSR count). The summed E-state index contributed by atoms with van der Waals surface area (Å²) in [7, 11) is 0. The zero-order chi connectivity index (χ0) is 17.0. The number of carbonyl (C=O) groups excluding carboxylic acids is 2. The van der Waals surface area contributed by atoms with E-state index >= 15 is 0 Å². The van der Waals surface area contributed by atoms with Crippen LogP contribution in [0.5, 0.6) is 0 Å². The van der Waals surface area contributed by atoms with E-state index in [2.05, 4.69) is 10.3 Å². The van der Waals surface area contributed by atoms with Crippen LogP contribution < -0.4 is 10.9 Å². The van der Waals surface area contributed by atoms with Gasteiger partial charge in [-0.1, -0.05) is 13.8 Å². The molecular weight excluding hydrogens is 318 g/mol. The van der Waals surface area contributed by atoms with Gasteiger partial charge >= 0.3 is 5.97 Å². The summed E-state index contributed by atoms with van der Waals surface area (Å²) in [6.45, 7) is 6.29. The van der Waals surface area contributed by atoms with E-state index in [4.69, 9.17) is 4.74 Å². The largest absolute Gasteiger partial charge is 0.462 e. The van der Waals surface area contributed by atoms with Crippen molar-refractivity contribution in [2.45, 2.75) is 27.3 Å². The maximum Gasteiger partial charge on any atom is 0.339 e. The molecule has 0 radical (unpaired) electrons. The second kappa shape index (κ2) is 7.36. The number of fused-ring (bicyclic) bond motifs is 1. The van der Waals surface area contributed by atoms with Crippen molar-refractivity contribution in [1.29, 1.82) is 0 Å². The van der Waals surface area contributed by atoms with Gasteiger partial charge < -0.3 is 10.1 Å². The summed E-state index contributed by atoms with van der Waals surface area (Å²) in [5.41, 5.74) is -0.222. The number of carbonyl (C=O) groups is 2. The van der Waals surface area contributed by atoms with Gasteiger partial charge in [-0.3, -0.25) is 14.2 Å². The number of esters is 1. The molecule has 23 heavy (non-hydrogen) atoms. The van der Waals surface area contributed by atoms with Gasteiger partial charge in [-0.25, -0.2) is 9.78 Å². The number of nitrogens with one attached hydrogen (secondary N) is 1. The molecule has 0 unspecified atom stereocenters. The van der Waals surface area contributed by atoms with E-state index in [9.17, 15) is 14.4 Å². The van der Waals surface area contributed by atoms with Crippen molar-refractivity contribution in [1.82, 2.24) is 14.9 Å². The molecule has 0 aliphatic heterocycles. The molecule has 0 aromatic carbocycles. The van der Waals surface area contributed by atoms with Gasteiger partial charge in [-0.05, 0) is 12.8 Å². The van der Waals surface area contributed by atoms with Crippen LogP contribution in [0.4, 0.5) is 0 Å². The maximum atomic E-state index is 12.5. The van der Waals surface area contributed by atoms with Gasteiger partial charge in [0.15, 0.2) is 0 Å². The number of amides is 1. The van der Waals surface area contributed by atoms with Crippen molar-refractivity contribution in [3.05, 3.63) is 27.6 Å². The average molecular weight is 337 g/mol. The van der Waals surface area contributed by atoms with E-state index in [0.717, 1.165) is 0 Å². The fraction of sp³-hybridized carbons (Fsp3) is 0.467. The summed E-state index contributed by atoms with van der Waals surface area (Å²) in [6.07, 6.45) is 1.32. The fourth-order valence-electron chi connectivity index (χ4n) is 1.97. The molecule has 0 fully saturated rings. The van der Waals surface area contributed by atoms with Crippen LogP contribution in [0.1, 0.15) is 31.1 Å². The first kappa shape index (κ1) is 17.1. The molecule has 2 aromatic heterocycles. The molecule has 1 amide bonds. The van der Waals surface area contributed by atoms with Crippen LogP contribution in [-0.2, 0) is 16.1 Å². The van der Waals surface area contributed by atoms with Crippen molar-refractivity contribution in [2.75, 3.05) is 13.2 Å². The Morgan fingerprint density at radius 2 is 2.17 bits per heavy atom. The van der Waals surface area contributed by atoms with Crippen LogP contribution in [-0.4, -0.2) is 34.6 Å². The van der Waals surface area contributed by atoms with E-state index in [1.807, 2.05) is 13.8 Å². The Bertz CT molecular complexity index is 779. The molecule has 0 aliphatic rings. The molecule has 0 aliphatic carbocycles. The van der Waals surface area contributed by atoms with E-state index in [-0.39, 0.29) is 30.0 Å². The third-order valence-corrected chi connectivity index (χ3v) is 3.96. The molecule has 124 valence electrons. The van der Waals surface area contributed by atoms with Crippen LogP contribution in [0, 0.1) is 5.92 Å². The van der Waals surface area contributed by atoms with Gasteiger partial charge in [0.2, 0.25) is 5.91 Å². The number of ether oxygens (including phenoxy) is 1. The fourth-order valence-corrected chi connectivity index (χ4v) is 2.83. The molecule has 0 atom stereocenters. The highest BCUT2D eigenvalue weighted by molar-refractivity contribution is 7.17. The first-order valence-electron chi connectivity index (χ1n) is 7.34. The van der Waals surface area contributed by atoms with Crippen molar-refractivity contribution >= 4 is 33.4 Å². The van der Waals surface area contributed by atoms with Gasteiger partial charge in [0.1, 0.15) is 11.4 Å². The lowest BCUT2D eigenvalue weighted by atomic mass is 10.2. The first-order chi connectivity index (χ1) is 10.9. The lowest BCUT2D eigenvalue weighted by Crippen LogP contribution is -2.34. The van der Waals surface area contributed by atoms with Gasteiger partial charge in [-0.15, -0.1) is 11.3 Å². The van der Waals surface area contributed by atoms with Gasteiger partial charge in [0, 0.05) is 11.9 Å². The monoisotopic (exact) mass is 337 g/mol. The summed E-state index contributed by atoms with van der Waals surface area (Å²) >= 11 is 1.20. The summed E-state index contributed by atoms with van der Waals surface area (Å²) in [5.74, 6) is -0.502. The van der Waals surface area contributed by atoms with Crippen molar-refractivity contribution in [2.24, 2.45) is 5.92 Å². The Morgan fingerprint density at radius 3 is 2.83 bits per heavy atom. The summed E-state index contributed by atoms with van der Waals surface area (Å²) in [6, 6.07) is 0. The Labute approximate surface area is 137 Å². The van der Waals surface area contributed by atoms with Crippen LogP contribution in [0.25, 0.3) is 10.2 Å². The quantitative estimate of drug-likeness (QED) is 0.805. The van der Waals surface area contributed by atoms with E-state index in [1.165, 1.54) is 22.2 Å². The molecule has 0 saturated carbocycles. The first-order valence-corrected chi connectivity index (χ1v) is 8.22. The standard InChI is InChI=1S/C15H19N3O4S/c1-4-22-15(21)10-7-23-13-12(10)14(20)18(8-17-13)6-11(19)16-5-9(2)3/h7-9H,4-6H2,1-3H3,(H,16,19). The molecule has 2 heterocycles. The third kappa shape index (κ3) is 3.95. The minimum absolute atomic E-state index is 0.132. The maximum absolute atomic E-state index is 12.5. The Morgan fingerprint density at radius 1 is 1.43 bits per heavy atom. The smallest absolute Gasteiger partial charge is 0.339 e. The van der Waals surface area contributed by atoms with Crippen LogP contribution >= 0.6 is 11.3 Å². The molecule has 0 bridgehead atoms. The van der Waals surface area contributed by atoms with Gasteiger partial charge in [-0.2, -0.15) is 0 Å². The highest BCUT2D eigenvalue weighted by atomic mass is 32.1. The molecule has 0 saturated heterocycles. The summed E-state index contributed by atoms with van der Waals surface area (Å²) in [4.78, 5) is 40.9. The predicted molar refractivity (Wildman–Crippen MR) is 87.7 cm³/mol.